The van der Waals surface area contributed by atoms with Gasteiger partial charge in [0.05, 0.1) is 7.11 Å². The molecule has 0 unspecified atom stereocenters. The summed E-state index contributed by atoms with van der Waals surface area (Å²) in [5, 5.41) is 12.7. The summed E-state index contributed by atoms with van der Waals surface area (Å²) in [6, 6.07) is 22.5. The van der Waals surface area contributed by atoms with Crippen molar-refractivity contribution < 1.29 is 47.1 Å². The number of aldehydes is 1. The van der Waals surface area contributed by atoms with E-state index in [-0.39, 0.29) is 24.1 Å². The molecule has 11 nitrogen and oxygen atoms in total. The number of rotatable bonds is 5. The first-order valence-electron chi connectivity index (χ1n) is 16.1. The number of carboxylic acid groups (broad SMARTS) is 1. The van der Waals surface area contributed by atoms with Crippen molar-refractivity contribution in [2.75, 3.05) is 41.1 Å². The maximum absolute atomic E-state index is 11.9. The molecule has 0 bridgehead atoms. The van der Waals surface area contributed by atoms with E-state index in [4.69, 9.17) is 27.9 Å². The van der Waals surface area contributed by atoms with E-state index in [0.717, 1.165) is 64.0 Å². The number of halogens is 1. The normalized spacial score (nSPS) is 11.4. The summed E-state index contributed by atoms with van der Waals surface area (Å²) < 4.78 is 25.4. The van der Waals surface area contributed by atoms with Crippen LogP contribution in [-0.4, -0.2) is 69.4 Å². The number of carboxylic acids is 1. The highest BCUT2D eigenvalue weighted by molar-refractivity contribution is 5.98. The fourth-order valence-electron chi connectivity index (χ4n) is 4.80. The molecule has 1 fully saturated rings. The lowest BCUT2D eigenvalue weighted by Gasteiger charge is -2.11. The van der Waals surface area contributed by atoms with E-state index in [1.54, 1.807) is 27.1 Å². The largest absolute Gasteiger partial charge is 0.475 e. The van der Waals surface area contributed by atoms with Crippen LogP contribution in [0.5, 0.6) is 0 Å². The fourth-order valence-corrected chi connectivity index (χ4v) is 4.80. The van der Waals surface area contributed by atoms with Crippen molar-refractivity contribution in [1.29, 1.82) is 0 Å². The zero-order valence-electron chi connectivity index (χ0n) is 30.0. The Morgan fingerprint density at radius 3 is 1.51 bits per heavy atom. The van der Waals surface area contributed by atoms with Crippen LogP contribution in [0.1, 0.15) is 68.1 Å². The highest BCUT2D eigenvalue weighted by Gasteiger charge is 2.20. The Morgan fingerprint density at radius 1 is 0.745 bits per heavy atom. The summed E-state index contributed by atoms with van der Waals surface area (Å²) in [7, 11) is 4.67. The number of fused-ring (bicyclic) bond motifs is 3. The molecule has 1 saturated heterocycles. The maximum atomic E-state index is 11.9. The number of amides is 1. The van der Waals surface area contributed by atoms with Crippen molar-refractivity contribution >= 4 is 63.5 Å². The minimum Gasteiger partial charge on any atom is -0.475 e. The lowest BCUT2D eigenvalue weighted by Crippen LogP contribution is -2.25. The van der Waals surface area contributed by atoms with Gasteiger partial charge >= 0.3 is 11.9 Å². The lowest BCUT2D eigenvalue weighted by atomic mass is 10.1. The molecule has 3 aromatic heterocycles. The van der Waals surface area contributed by atoms with Crippen LogP contribution in [0.25, 0.3) is 32.9 Å². The monoisotopic (exact) mass is 723 g/mol. The smallest absolute Gasteiger partial charge is 0.372 e. The Labute approximate surface area is 303 Å². The summed E-state index contributed by atoms with van der Waals surface area (Å²) in [6.07, 6.45) is 3.30. The standard InChI is InChI=1S/C12H13NO3.C10H8O3.C10H8O2.C4H8O.C3H8O.ClH/c1-8-9-6-4-5-7-10(9)16-11(8)12(14)13(2)15-3;1-6-7-4-2-3-5-8(7)13-9(6)10(11)12;1-7-8-4-2-3-5-9(8)12-10(7)6-11;1-2-4-5-3-1;1-3-4-2;/h4-7H,1-3H3;2-5H,1H3,(H,11,12);2-6H,1H3;1-4H2;3H2,1-2H3;1H. The third kappa shape index (κ3) is 11.3. The zero-order valence-corrected chi connectivity index (χ0v) is 30.8. The van der Waals surface area contributed by atoms with Gasteiger partial charge in [0.2, 0.25) is 5.76 Å². The molecule has 4 heterocycles. The molecule has 0 saturated carbocycles. The quantitative estimate of drug-likeness (QED) is 0.135. The number of ether oxygens (including phenoxy) is 2. The number of aryl methyl sites for hydroxylation is 3. The number of nitrogens with zero attached hydrogens (tertiary/aromatic N) is 1. The highest BCUT2D eigenvalue weighted by atomic mass is 35.5. The molecule has 0 spiro atoms. The first kappa shape index (κ1) is 42.2. The number of furan rings is 3. The SMILES string of the molecule is C1CCOC1.CCOC.CON(C)C(=O)c1oc2ccccc2c1C.Cc1c(C(=O)O)oc2ccccc12.Cc1c(C=O)oc2ccccc12.Cl. The number of carbonyl (C=O) groups is 3. The van der Waals surface area contributed by atoms with Gasteiger partial charge in [-0.15, -0.1) is 12.4 Å². The topological polar surface area (TPSA) is 142 Å². The third-order valence-corrected chi connectivity index (χ3v) is 7.74. The van der Waals surface area contributed by atoms with Gasteiger partial charge in [0.25, 0.3) is 0 Å². The highest BCUT2D eigenvalue weighted by Crippen LogP contribution is 2.26. The Kier molecular flexibility index (Phi) is 17.6. The van der Waals surface area contributed by atoms with Gasteiger partial charge in [-0.1, -0.05) is 54.6 Å². The summed E-state index contributed by atoms with van der Waals surface area (Å²) >= 11 is 0. The Hall–Kier alpha value is -4.94. The first-order valence-corrected chi connectivity index (χ1v) is 16.1. The molecule has 6 aromatic rings. The second-order valence-corrected chi connectivity index (χ2v) is 11.0. The van der Waals surface area contributed by atoms with E-state index >= 15 is 0 Å². The molecule has 3 aromatic carbocycles. The minimum absolute atomic E-state index is 0. The van der Waals surface area contributed by atoms with Crippen LogP contribution in [-0.2, 0) is 14.3 Å². The van der Waals surface area contributed by atoms with E-state index in [0.29, 0.717) is 28.2 Å². The number of hydrogen-bond acceptors (Lipinski definition) is 9. The molecule has 274 valence electrons. The molecular weight excluding hydrogens is 678 g/mol. The molecule has 1 N–H and O–H groups in total. The van der Waals surface area contributed by atoms with E-state index < -0.39 is 5.97 Å². The molecular formula is C39H46ClNO10. The number of aromatic carboxylic acids is 1. The average molecular weight is 724 g/mol. The van der Waals surface area contributed by atoms with Crippen LogP contribution in [0.4, 0.5) is 0 Å². The predicted octanol–water partition coefficient (Wildman–Crippen LogP) is 9.24. The van der Waals surface area contributed by atoms with Crippen LogP contribution in [0.2, 0.25) is 0 Å². The van der Waals surface area contributed by atoms with Crippen molar-refractivity contribution in [3.8, 4) is 0 Å². The summed E-state index contributed by atoms with van der Waals surface area (Å²) in [4.78, 5) is 37.9. The molecule has 0 radical (unpaired) electrons. The van der Waals surface area contributed by atoms with Crippen LogP contribution < -0.4 is 0 Å². The van der Waals surface area contributed by atoms with E-state index in [9.17, 15) is 14.4 Å². The van der Waals surface area contributed by atoms with Gasteiger partial charge in [0.15, 0.2) is 17.8 Å². The Morgan fingerprint density at radius 2 is 1.16 bits per heavy atom. The molecule has 0 aliphatic carbocycles. The first-order chi connectivity index (χ1) is 24.1. The molecule has 1 aliphatic rings. The predicted molar refractivity (Wildman–Crippen MR) is 199 cm³/mol. The number of hydroxylamine groups is 2. The van der Waals surface area contributed by atoms with Gasteiger partial charge in [-0.25, -0.2) is 9.86 Å². The summed E-state index contributed by atoms with van der Waals surface area (Å²) in [5.74, 6) is -0.521. The van der Waals surface area contributed by atoms with Gasteiger partial charge in [0, 0.05) is 66.8 Å². The third-order valence-electron chi connectivity index (χ3n) is 7.74. The van der Waals surface area contributed by atoms with Gasteiger partial charge in [0.1, 0.15) is 16.7 Å². The molecule has 51 heavy (non-hydrogen) atoms. The number of methoxy groups -OCH3 is 1. The molecule has 1 aliphatic heterocycles. The van der Waals surface area contributed by atoms with Gasteiger partial charge in [-0.2, -0.15) is 0 Å². The average Bonchev–Trinajstić information content (AvgIpc) is 3.96. The second kappa shape index (κ2) is 21.3. The van der Waals surface area contributed by atoms with Crippen LogP contribution in [0.15, 0.2) is 86.0 Å². The van der Waals surface area contributed by atoms with E-state index in [1.165, 1.54) is 20.0 Å². The number of hydrogen-bond donors (Lipinski definition) is 1. The van der Waals surface area contributed by atoms with Crippen LogP contribution in [0, 0.1) is 20.8 Å². The van der Waals surface area contributed by atoms with Crippen molar-refractivity contribution in [2.45, 2.75) is 40.5 Å². The Balaban J connectivity index is 0.000000236. The van der Waals surface area contributed by atoms with Crippen molar-refractivity contribution in [1.82, 2.24) is 5.06 Å². The van der Waals surface area contributed by atoms with Crippen molar-refractivity contribution in [3.63, 3.8) is 0 Å². The maximum Gasteiger partial charge on any atom is 0.372 e. The zero-order chi connectivity index (χ0) is 36.6. The van der Waals surface area contributed by atoms with E-state index in [1.807, 2.05) is 87.5 Å². The van der Waals surface area contributed by atoms with Gasteiger partial charge in [-0.05, 0) is 58.7 Å². The molecule has 7 rings (SSSR count). The molecule has 0 atom stereocenters. The van der Waals surface area contributed by atoms with Gasteiger partial charge in [-0.3, -0.25) is 14.4 Å². The second-order valence-electron chi connectivity index (χ2n) is 11.0. The van der Waals surface area contributed by atoms with Crippen molar-refractivity contribution in [2.24, 2.45) is 0 Å². The number of benzene rings is 3. The van der Waals surface area contributed by atoms with Crippen LogP contribution >= 0.6 is 12.4 Å². The lowest BCUT2D eigenvalue weighted by molar-refractivity contribution is -0.0773. The van der Waals surface area contributed by atoms with E-state index in [2.05, 4.69) is 4.74 Å². The number of carbonyl (C=O) groups excluding carboxylic acids is 2. The minimum atomic E-state index is -1.02. The summed E-state index contributed by atoms with van der Waals surface area (Å²) in [6.45, 7) is 10.3. The molecule has 12 heteroatoms. The fraction of sp³-hybridized carbons (Fsp3) is 0.308. The molecule has 1 amide bonds. The van der Waals surface area contributed by atoms with Crippen molar-refractivity contribution in [3.05, 3.63) is 107 Å². The summed E-state index contributed by atoms with van der Waals surface area (Å²) in [5.41, 5.74) is 4.55. The number of para-hydroxylation sites is 3. The van der Waals surface area contributed by atoms with Crippen LogP contribution in [0.3, 0.4) is 0 Å². The van der Waals surface area contributed by atoms with Gasteiger partial charge < -0.3 is 27.8 Å². The Bertz CT molecular complexity index is 1980.